The number of rotatable bonds is 8. The zero-order valence-corrected chi connectivity index (χ0v) is 12.8. The van der Waals surface area contributed by atoms with Crippen LogP contribution in [0.2, 0.25) is 0 Å². The van der Waals surface area contributed by atoms with E-state index in [1.807, 2.05) is 38.0 Å². The van der Waals surface area contributed by atoms with Gasteiger partial charge in [-0.3, -0.25) is 9.59 Å². The predicted molar refractivity (Wildman–Crippen MR) is 81.4 cm³/mol. The molecule has 20 heavy (non-hydrogen) atoms. The van der Waals surface area contributed by atoms with Crippen LogP contribution >= 0.6 is 0 Å². The Morgan fingerprint density at radius 1 is 0.850 bits per heavy atom. The minimum Gasteiger partial charge on any atom is -0.309 e. The molecular weight excluding hydrogens is 252 g/mol. The van der Waals surface area contributed by atoms with Crippen LogP contribution in [0.1, 0.15) is 33.6 Å². The highest BCUT2D eigenvalue weighted by molar-refractivity contribution is 6.01. The highest BCUT2D eigenvalue weighted by Gasteiger charge is 2.11. The molecule has 0 bridgehead atoms. The van der Waals surface area contributed by atoms with Crippen molar-refractivity contribution in [3.05, 3.63) is 35.4 Å². The van der Waals surface area contributed by atoms with Crippen LogP contribution in [-0.4, -0.2) is 62.6 Å². The standard InChI is InChI=1S/C16H24N2O2/c1-17(2)10-8-15(19)13-6-5-7-14(12-13)16(20)9-11-18(3)4/h5-7,12H,8-11H2,1-4H3. The molecule has 0 aliphatic carbocycles. The molecule has 110 valence electrons. The van der Waals surface area contributed by atoms with Gasteiger partial charge in [0.1, 0.15) is 0 Å². The Hall–Kier alpha value is -1.52. The molecule has 1 rings (SSSR count). The van der Waals surface area contributed by atoms with Gasteiger partial charge in [0.15, 0.2) is 11.6 Å². The zero-order valence-electron chi connectivity index (χ0n) is 12.8. The molecule has 1 aromatic rings. The minimum atomic E-state index is 0.0842. The molecule has 0 fully saturated rings. The number of carbonyl (C=O) groups is 2. The van der Waals surface area contributed by atoms with Crippen LogP contribution in [0, 0.1) is 0 Å². The highest BCUT2D eigenvalue weighted by Crippen LogP contribution is 2.10. The summed E-state index contributed by atoms with van der Waals surface area (Å²) in [4.78, 5) is 28.0. The highest BCUT2D eigenvalue weighted by atomic mass is 16.1. The lowest BCUT2D eigenvalue weighted by atomic mass is 10.0. The molecule has 4 heteroatoms. The number of carbonyl (C=O) groups excluding carboxylic acids is 2. The average Bonchev–Trinajstić information content (AvgIpc) is 2.42. The number of nitrogens with zero attached hydrogens (tertiary/aromatic N) is 2. The Morgan fingerprint density at radius 3 is 1.60 bits per heavy atom. The van der Waals surface area contributed by atoms with E-state index in [0.717, 1.165) is 13.1 Å². The van der Waals surface area contributed by atoms with Crippen molar-refractivity contribution >= 4 is 11.6 Å². The van der Waals surface area contributed by atoms with E-state index in [9.17, 15) is 9.59 Å². The molecule has 0 saturated heterocycles. The zero-order chi connectivity index (χ0) is 15.1. The Balaban J connectivity index is 2.70. The summed E-state index contributed by atoms with van der Waals surface area (Å²) in [6, 6.07) is 7.06. The summed E-state index contributed by atoms with van der Waals surface area (Å²) in [5.74, 6) is 0.168. The SMILES string of the molecule is CN(C)CCC(=O)c1cccc(C(=O)CCN(C)C)c1. The summed E-state index contributed by atoms with van der Waals surface area (Å²) >= 11 is 0. The summed E-state index contributed by atoms with van der Waals surface area (Å²) in [5.41, 5.74) is 1.25. The van der Waals surface area contributed by atoms with Crippen LogP contribution in [0.4, 0.5) is 0 Å². The Labute approximate surface area is 121 Å². The molecule has 0 spiro atoms. The molecule has 0 amide bonds. The molecule has 0 aromatic heterocycles. The first-order chi connectivity index (χ1) is 9.40. The van der Waals surface area contributed by atoms with E-state index in [0.29, 0.717) is 24.0 Å². The van der Waals surface area contributed by atoms with Crippen molar-refractivity contribution in [2.75, 3.05) is 41.3 Å². The first-order valence-electron chi connectivity index (χ1n) is 6.86. The molecule has 0 atom stereocenters. The minimum absolute atomic E-state index is 0.0842. The summed E-state index contributed by atoms with van der Waals surface area (Å²) < 4.78 is 0. The lowest BCUT2D eigenvalue weighted by Crippen LogP contribution is -2.18. The second-order valence-electron chi connectivity index (χ2n) is 5.53. The van der Waals surface area contributed by atoms with Crippen LogP contribution in [-0.2, 0) is 0 Å². The van der Waals surface area contributed by atoms with E-state index in [-0.39, 0.29) is 11.6 Å². The molecule has 4 nitrogen and oxygen atoms in total. The number of hydrogen-bond donors (Lipinski definition) is 0. The smallest absolute Gasteiger partial charge is 0.164 e. The van der Waals surface area contributed by atoms with Gasteiger partial charge in [0.2, 0.25) is 0 Å². The van der Waals surface area contributed by atoms with Crippen molar-refractivity contribution in [2.45, 2.75) is 12.8 Å². The Bertz CT molecular complexity index is 428. The fraction of sp³-hybridized carbons (Fsp3) is 0.500. The van der Waals surface area contributed by atoms with E-state index < -0.39 is 0 Å². The van der Waals surface area contributed by atoms with Gasteiger partial charge in [-0.25, -0.2) is 0 Å². The molecule has 0 aliphatic rings. The van der Waals surface area contributed by atoms with Crippen LogP contribution in [0.3, 0.4) is 0 Å². The summed E-state index contributed by atoms with van der Waals surface area (Å²) in [6.07, 6.45) is 0.949. The third-order valence-corrected chi connectivity index (χ3v) is 3.08. The number of hydrogen-bond acceptors (Lipinski definition) is 4. The summed E-state index contributed by atoms with van der Waals surface area (Å²) in [6.45, 7) is 1.44. The van der Waals surface area contributed by atoms with Crippen molar-refractivity contribution in [1.82, 2.24) is 9.80 Å². The van der Waals surface area contributed by atoms with E-state index in [2.05, 4.69) is 0 Å². The number of benzene rings is 1. The van der Waals surface area contributed by atoms with Crippen molar-refractivity contribution in [2.24, 2.45) is 0 Å². The predicted octanol–water partition coefficient (Wildman–Crippen LogP) is 1.96. The van der Waals surface area contributed by atoms with Crippen molar-refractivity contribution in [3.8, 4) is 0 Å². The molecule has 0 radical (unpaired) electrons. The fourth-order valence-corrected chi connectivity index (χ4v) is 1.81. The molecule has 0 N–H and O–H groups in total. The Morgan fingerprint density at radius 2 is 1.25 bits per heavy atom. The normalized spacial score (nSPS) is 11.1. The maximum Gasteiger partial charge on any atom is 0.164 e. The van der Waals surface area contributed by atoms with Gasteiger partial charge in [0, 0.05) is 37.1 Å². The largest absolute Gasteiger partial charge is 0.309 e. The molecule has 0 unspecified atom stereocenters. The molecule has 1 aromatic carbocycles. The quantitative estimate of drug-likeness (QED) is 0.681. The number of Topliss-reactive ketones (excluding diaryl/α,β-unsaturated/α-hetero) is 2. The lowest BCUT2D eigenvalue weighted by molar-refractivity contribution is 0.0972. The number of ketones is 2. The van der Waals surface area contributed by atoms with Gasteiger partial charge in [0.25, 0.3) is 0 Å². The van der Waals surface area contributed by atoms with Crippen LogP contribution in [0.5, 0.6) is 0 Å². The van der Waals surface area contributed by atoms with Crippen LogP contribution in [0.15, 0.2) is 24.3 Å². The van der Waals surface area contributed by atoms with E-state index in [4.69, 9.17) is 0 Å². The topological polar surface area (TPSA) is 40.6 Å². The van der Waals surface area contributed by atoms with Gasteiger partial charge in [0.05, 0.1) is 0 Å². The van der Waals surface area contributed by atoms with Gasteiger partial charge in [-0.1, -0.05) is 18.2 Å². The van der Waals surface area contributed by atoms with Crippen LogP contribution < -0.4 is 0 Å². The van der Waals surface area contributed by atoms with Crippen LogP contribution in [0.25, 0.3) is 0 Å². The maximum atomic E-state index is 12.0. The van der Waals surface area contributed by atoms with Gasteiger partial charge in [-0.05, 0) is 34.3 Å². The summed E-state index contributed by atoms with van der Waals surface area (Å²) in [7, 11) is 7.76. The third kappa shape index (κ3) is 5.63. The van der Waals surface area contributed by atoms with Crippen molar-refractivity contribution in [1.29, 1.82) is 0 Å². The second kappa shape index (κ2) is 7.92. The van der Waals surface area contributed by atoms with Gasteiger partial charge in [-0.2, -0.15) is 0 Å². The lowest BCUT2D eigenvalue weighted by Gasteiger charge is -2.10. The van der Waals surface area contributed by atoms with Gasteiger partial charge < -0.3 is 9.80 Å². The molecule has 0 saturated carbocycles. The molecule has 0 heterocycles. The Kier molecular flexibility index (Phi) is 6.55. The first kappa shape index (κ1) is 16.5. The van der Waals surface area contributed by atoms with Gasteiger partial charge >= 0.3 is 0 Å². The fourth-order valence-electron chi connectivity index (χ4n) is 1.81. The molecular formula is C16H24N2O2. The maximum absolute atomic E-state index is 12.0. The second-order valence-corrected chi connectivity index (χ2v) is 5.53. The van der Waals surface area contributed by atoms with Gasteiger partial charge in [-0.15, -0.1) is 0 Å². The third-order valence-electron chi connectivity index (χ3n) is 3.08. The van der Waals surface area contributed by atoms with Crippen molar-refractivity contribution in [3.63, 3.8) is 0 Å². The molecule has 0 aliphatic heterocycles. The van der Waals surface area contributed by atoms with E-state index in [1.54, 1.807) is 24.3 Å². The summed E-state index contributed by atoms with van der Waals surface area (Å²) in [5, 5.41) is 0. The average molecular weight is 276 g/mol. The van der Waals surface area contributed by atoms with E-state index in [1.165, 1.54) is 0 Å². The van der Waals surface area contributed by atoms with E-state index >= 15 is 0 Å². The first-order valence-corrected chi connectivity index (χ1v) is 6.86. The van der Waals surface area contributed by atoms with Crippen molar-refractivity contribution < 1.29 is 9.59 Å². The monoisotopic (exact) mass is 276 g/mol.